The Labute approximate surface area is 177 Å². The fourth-order valence-corrected chi connectivity index (χ4v) is 5.10. The molecule has 1 saturated heterocycles. The number of aryl methyl sites for hydroxylation is 1. The molecule has 2 heterocycles. The molecule has 2 aromatic rings. The van der Waals surface area contributed by atoms with Gasteiger partial charge in [0.25, 0.3) is 0 Å². The Morgan fingerprint density at radius 3 is 2.50 bits per heavy atom. The maximum absolute atomic E-state index is 12.9. The first-order valence-corrected chi connectivity index (χ1v) is 12.1. The topological polar surface area (TPSA) is 124 Å². The summed E-state index contributed by atoms with van der Waals surface area (Å²) < 4.78 is 27.2. The number of sulfone groups is 1. The van der Waals surface area contributed by atoms with Crippen LogP contribution in [0.5, 0.6) is 0 Å². The van der Waals surface area contributed by atoms with Crippen LogP contribution in [-0.4, -0.2) is 52.5 Å². The van der Waals surface area contributed by atoms with E-state index in [2.05, 4.69) is 27.3 Å². The maximum atomic E-state index is 12.9. The molecule has 1 aliphatic rings. The Morgan fingerprint density at radius 2 is 1.90 bits per heavy atom. The molecule has 0 saturated carbocycles. The van der Waals surface area contributed by atoms with Gasteiger partial charge in [0.2, 0.25) is 5.91 Å². The molecule has 0 bridgehead atoms. The second kappa shape index (κ2) is 9.65. The molecule has 3 rings (SSSR count). The quantitative estimate of drug-likeness (QED) is 0.638. The molecule has 0 aliphatic carbocycles. The molecule has 9 nitrogen and oxygen atoms in total. The second-order valence-corrected chi connectivity index (χ2v) is 9.92. The minimum absolute atomic E-state index is 0.0954. The van der Waals surface area contributed by atoms with Gasteiger partial charge in [0, 0.05) is 5.92 Å². The van der Waals surface area contributed by atoms with E-state index in [1.807, 2.05) is 6.92 Å². The zero-order valence-electron chi connectivity index (χ0n) is 17.6. The Hall–Kier alpha value is -2.33. The van der Waals surface area contributed by atoms with Crippen LogP contribution in [0.25, 0.3) is 0 Å². The van der Waals surface area contributed by atoms with Crippen LogP contribution in [0.4, 0.5) is 0 Å². The van der Waals surface area contributed by atoms with Crippen LogP contribution >= 0.6 is 0 Å². The van der Waals surface area contributed by atoms with Crippen molar-refractivity contribution in [2.24, 2.45) is 11.7 Å². The Bertz CT molecular complexity index is 949. The highest BCUT2D eigenvalue weighted by molar-refractivity contribution is 7.90. The van der Waals surface area contributed by atoms with Crippen molar-refractivity contribution in [3.63, 3.8) is 0 Å². The maximum Gasteiger partial charge on any atom is 0.220 e. The average molecular weight is 435 g/mol. The number of unbranched alkanes of at least 4 members (excludes halogenated alkanes) is 1. The smallest absolute Gasteiger partial charge is 0.220 e. The van der Waals surface area contributed by atoms with Gasteiger partial charge in [-0.2, -0.15) is 0 Å². The van der Waals surface area contributed by atoms with E-state index in [0.29, 0.717) is 31.8 Å². The SMILES string of the molecule is CCCC[C@H](c1nnnn1CS(=O)(=O)c1ccc(C)cc1)N1CCC(C(N)=O)CC1. The molecule has 0 unspecified atom stereocenters. The number of carbonyl (C=O) groups excluding carboxylic acids is 1. The molecular formula is C20H30N6O3S. The summed E-state index contributed by atoms with van der Waals surface area (Å²) in [5.41, 5.74) is 6.46. The van der Waals surface area contributed by atoms with Gasteiger partial charge in [-0.1, -0.05) is 37.5 Å². The van der Waals surface area contributed by atoms with Crippen molar-refractivity contribution >= 4 is 15.7 Å². The number of likely N-dealkylation sites (tertiary alicyclic amines) is 1. The number of hydrogen-bond donors (Lipinski definition) is 1. The van der Waals surface area contributed by atoms with Crippen molar-refractivity contribution < 1.29 is 13.2 Å². The fraction of sp³-hybridized carbons (Fsp3) is 0.600. The summed E-state index contributed by atoms with van der Waals surface area (Å²) >= 11 is 0. The van der Waals surface area contributed by atoms with Crippen molar-refractivity contribution in [3.05, 3.63) is 35.7 Å². The van der Waals surface area contributed by atoms with Crippen molar-refractivity contribution in [1.29, 1.82) is 0 Å². The largest absolute Gasteiger partial charge is 0.369 e. The third kappa shape index (κ3) is 5.23. The van der Waals surface area contributed by atoms with Crippen LogP contribution in [0, 0.1) is 12.8 Å². The number of rotatable bonds is 9. The molecule has 10 heteroatoms. The number of aromatic nitrogens is 4. The molecular weight excluding hydrogens is 404 g/mol. The molecule has 164 valence electrons. The molecule has 1 atom stereocenters. The summed E-state index contributed by atoms with van der Waals surface area (Å²) in [6.45, 7) is 5.44. The monoisotopic (exact) mass is 434 g/mol. The van der Waals surface area contributed by atoms with Crippen molar-refractivity contribution in [2.45, 2.75) is 62.8 Å². The van der Waals surface area contributed by atoms with E-state index in [9.17, 15) is 13.2 Å². The summed E-state index contributed by atoms with van der Waals surface area (Å²) in [4.78, 5) is 14.0. The predicted molar refractivity (Wildman–Crippen MR) is 112 cm³/mol. The Kier molecular flexibility index (Phi) is 7.19. The van der Waals surface area contributed by atoms with Gasteiger partial charge in [0.1, 0.15) is 0 Å². The van der Waals surface area contributed by atoms with Crippen LogP contribution in [0.2, 0.25) is 0 Å². The summed E-state index contributed by atoms with van der Waals surface area (Å²) in [7, 11) is -3.59. The number of benzene rings is 1. The Morgan fingerprint density at radius 1 is 1.23 bits per heavy atom. The highest BCUT2D eigenvalue weighted by Gasteiger charge is 2.32. The number of tetrazole rings is 1. The predicted octanol–water partition coefficient (Wildman–Crippen LogP) is 1.84. The lowest BCUT2D eigenvalue weighted by atomic mass is 9.94. The first-order chi connectivity index (χ1) is 14.3. The summed E-state index contributed by atoms with van der Waals surface area (Å²) in [5, 5.41) is 12.0. The van der Waals surface area contributed by atoms with Gasteiger partial charge in [-0.05, 0) is 61.8 Å². The standard InChI is InChI=1S/C20H30N6O3S/c1-3-4-5-18(25-12-10-16(11-13-25)19(21)27)20-22-23-24-26(20)14-30(28,29)17-8-6-15(2)7-9-17/h6-9,16,18H,3-5,10-14H2,1-2H3,(H2,21,27)/t18-/m1/s1. The molecule has 0 spiro atoms. The normalized spacial score (nSPS) is 17.1. The minimum atomic E-state index is -3.59. The van der Waals surface area contributed by atoms with E-state index in [1.165, 1.54) is 4.68 Å². The number of nitrogens with zero attached hydrogens (tertiary/aromatic N) is 5. The van der Waals surface area contributed by atoms with E-state index >= 15 is 0 Å². The third-order valence-electron chi connectivity index (χ3n) is 5.73. The van der Waals surface area contributed by atoms with E-state index in [4.69, 9.17) is 5.73 Å². The Balaban J connectivity index is 1.82. The average Bonchev–Trinajstić information content (AvgIpc) is 3.16. The van der Waals surface area contributed by atoms with Crippen LogP contribution in [0.15, 0.2) is 29.2 Å². The number of nitrogens with two attached hydrogens (primary N) is 1. The number of carbonyl (C=O) groups is 1. The first-order valence-electron chi connectivity index (χ1n) is 10.4. The van der Waals surface area contributed by atoms with Crippen molar-refractivity contribution in [1.82, 2.24) is 25.1 Å². The lowest BCUT2D eigenvalue weighted by Gasteiger charge is -2.36. The van der Waals surface area contributed by atoms with Crippen molar-refractivity contribution in [2.75, 3.05) is 13.1 Å². The first kappa shape index (κ1) is 22.4. The van der Waals surface area contributed by atoms with Gasteiger partial charge >= 0.3 is 0 Å². The molecule has 30 heavy (non-hydrogen) atoms. The number of hydrogen-bond acceptors (Lipinski definition) is 7. The highest BCUT2D eigenvalue weighted by Crippen LogP contribution is 2.30. The van der Waals surface area contributed by atoms with Gasteiger partial charge in [-0.3, -0.25) is 9.69 Å². The zero-order chi connectivity index (χ0) is 21.7. The molecule has 1 fully saturated rings. The molecule has 1 amide bonds. The number of piperidine rings is 1. The van der Waals surface area contributed by atoms with Gasteiger partial charge in [0.15, 0.2) is 21.5 Å². The van der Waals surface area contributed by atoms with E-state index in [-0.39, 0.29) is 28.6 Å². The lowest BCUT2D eigenvalue weighted by molar-refractivity contribution is -0.123. The molecule has 2 N–H and O–H groups in total. The van der Waals surface area contributed by atoms with E-state index < -0.39 is 9.84 Å². The number of primary amides is 1. The molecule has 1 aromatic carbocycles. The summed E-state index contributed by atoms with van der Waals surface area (Å²) in [6, 6.07) is 6.68. The van der Waals surface area contributed by atoms with E-state index in [1.54, 1.807) is 24.3 Å². The molecule has 1 aromatic heterocycles. The molecule has 0 radical (unpaired) electrons. The van der Waals surface area contributed by atoms with Crippen LogP contribution in [0.1, 0.15) is 56.5 Å². The molecule has 1 aliphatic heterocycles. The lowest BCUT2D eigenvalue weighted by Crippen LogP contribution is -2.41. The van der Waals surface area contributed by atoms with Gasteiger partial charge in [-0.25, -0.2) is 13.1 Å². The zero-order valence-corrected chi connectivity index (χ0v) is 18.4. The highest BCUT2D eigenvalue weighted by atomic mass is 32.2. The summed E-state index contributed by atoms with van der Waals surface area (Å²) in [5.74, 6) is -0.116. The number of amides is 1. The minimum Gasteiger partial charge on any atom is -0.369 e. The van der Waals surface area contributed by atoms with Gasteiger partial charge < -0.3 is 5.73 Å². The van der Waals surface area contributed by atoms with Crippen molar-refractivity contribution in [3.8, 4) is 0 Å². The van der Waals surface area contributed by atoms with Gasteiger partial charge in [-0.15, -0.1) is 5.10 Å². The summed E-state index contributed by atoms with van der Waals surface area (Å²) in [6.07, 6.45) is 4.19. The van der Waals surface area contributed by atoms with Crippen LogP contribution < -0.4 is 5.73 Å². The van der Waals surface area contributed by atoms with E-state index in [0.717, 1.165) is 24.8 Å². The van der Waals surface area contributed by atoms with Crippen LogP contribution in [-0.2, 0) is 20.5 Å². The second-order valence-electron chi connectivity index (χ2n) is 7.96. The van der Waals surface area contributed by atoms with Crippen LogP contribution in [0.3, 0.4) is 0 Å². The fourth-order valence-electron chi connectivity index (χ4n) is 3.89. The third-order valence-corrected chi connectivity index (χ3v) is 7.31. The van der Waals surface area contributed by atoms with Gasteiger partial charge in [0.05, 0.1) is 10.9 Å².